The molecule has 0 saturated carbocycles. The highest BCUT2D eigenvalue weighted by molar-refractivity contribution is 5.14. The fourth-order valence-corrected chi connectivity index (χ4v) is 2.70. The highest BCUT2D eigenvalue weighted by Gasteiger charge is 2.15. The van der Waals surface area contributed by atoms with Crippen LogP contribution in [0.15, 0.2) is 30.3 Å². The second-order valence-corrected chi connectivity index (χ2v) is 6.27. The van der Waals surface area contributed by atoms with Crippen molar-refractivity contribution in [1.29, 1.82) is 0 Å². The third-order valence-corrected chi connectivity index (χ3v) is 3.97. The van der Waals surface area contributed by atoms with Crippen LogP contribution >= 0.6 is 0 Å². The van der Waals surface area contributed by atoms with E-state index in [9.17, 15) is 10.2 Å². The Hall–Kier alpha value is -0.900. The van der Waals surface area contributed by atoms with Crippen molar-refractivity contribution in [2.45, 2.75) is 71.1 Å². The first kappa shape index (κ1) is 19.1. The molecule has 0 saturated heterocycles. The average molecular weight is 307 g/mol. The predicted octanol–water partition coefficient (Wildman–Crippen LogP) is 3.59. The van der Waals surface area contributed by atoms with E-state index in [-0.39, 0.29) is 12.2 Å². The zero-order chi connectivity index (χ0) is 16.2. The summed E-state index contributed by atoms with van der Waals surface area (Å²) < 4.78 is 0. The molecule has 0 bridgehead atoms. The SMILES string of the molecule is CCCCC(O)CN(Cc1ccccc1)CC(O)CCCC. The summed E-state index contributed by atoms with van der Waals surface area (Å²) in [6.45, 7) is 6.34. The van der Waals surface area contributed by atoms with E-state index in [1.807, 2.05) is 18.2 Å². The van der Waals surface area contributed by atoms with Gasteiger partial charge in [-0.25, -0.2) is 0 Å². The van der Waals surface area contributed by atoms with Crippen molar-refractivity contribution in [1.82, 2.24) is 4.90 Å². The van der Waals surface area contributed by atoms with Gasteiger partial charge in [0.2, 0.25) is 0 Å². The number of benzene rings is 1. The van der Waals surface area contributed by atoms with Crippen LogP contribution in [0.4, 0.5) is 0 Å². The second kappa shape index (κ2) is 11.6. The molecule has 0 fully saturated rings. The summed E-state index contributed by atoms with van der Waals surface area (Å²) in [6.07, 6.45) is 5.39. The molecule has 0 aliphatic heterocycles. The first-order valence-corrected chi connectivity index (χ1v) is 8.78. The van der Waals surface area contributed by atoms with E-state index < -0.39 is 0 Å². The monoisotopic (exact) mass is 307 g/mol. The molecule has 3 heteroatoms. The van der Waals surface area contributed by atoms with Gasteiger partial charge >= 0.3 is 0 Å². The van der Waals surface area contributed by atoms with E-state index in [2.05, 4.69) is 30.9 Å². The summed E-state index contributed by atoms with van der Waals surface area (Å²) in [7, 11) is 0. The topological polar surface area (TPSA) is 43.7 Å². The van der Waals surface area contributed by atoms with Crippen LogP contribution in [0.5, 0.6) is 0 Å². The fourth-order valence-electron chi connectivity index (χ4n) is 2.70. The second-order valence-electron chi connectivity index (χ2n) is 6.27. The highest BCUT2D eigenvalue weighted by atomic mass is 16.3. The molecule has 0 radical (unpaired) electrons. The lowest BCUT2D eigenvalue weighted by molar-refractivity contribution is 0.0571. The molecule has 2 unspecified atom stereocenters. The smallest absolute Gasteiger partial charge is 0.0667 e. The Morgan fingerprint density at radius 2 is 1.36 bits per heavy atom. The van der Waals surface area contributed by atoms with Gasteiger partial charge in [0, 0.05) is 19.6 Å². The van der Waals surface area contributed by atoms with E-state index in [0.29, 0.717) is 13.1 Å². The van der Waals surface area contributed by atoms with Crippen molar-refractivity contribution in [2.24, 2.45) is 0 Å². The van der Waals surface area contributed by atoms with Crippen LogP contribution in [0.1, 0.15) is 57.9 Å². The van der Waals surface area contributed by atoms with E-state index in [0.717, 1.165) is 45.1 Å². The van der Waals surface area contributed by atoms with Gasteiger partial charge in [0.15, 0.2) is 0 Å². The summed E-state index contributed by atoms with van der Waals surface area (Å²) in [5.41, 5.74) is 1.23. The van der Waals surface area contributed by atoms with Gasteiger partial charge in [-0.05, 0) is 18.4 Å². The van der Waals surface area contributed by atoms with Crippen molar-refractivity contribution in [2.75, 3.05) is 13.1 Å². The Morgan fingerprint density at radius 1 is 0.864 bits per heavy atom. The lowest BCUT2D eigenvalue weighted by Gasteiger charge is -2.27. The molecule has 22 heavy (non-hydrogen) atoms. The van der Waals surface area contributed by atoms with Crippen LogP contribution in [0, 0.1) is 0 Å². The standard InChI is InChI=1S/C19H33NO2/c1-3-5-12-18(21)15-20(16-19(22)13-6-4-2)14-17-10-8-7-9-11-17/h7-11,18-19,21-22H,3-6,12-16H2,1-2H3. The molecule has 126 valence electrons. The maximum atomic E-state index is 10.2. The van der Waals surface area contributed by atoms with Crippen LogP contribution < -0.4 is 0 Å². The minimum absolute atomic E-state index is 0.304. The van der Waals surface area contributed by atoms with Gasteiger partial charge in [-0.3, -0.25) is 4.90 Å². The molecule has 3 nitrogen and oxygen atoms in total. The van der Waals surface area contributed by atoms with Crippen LogP contribution in [0.3, 0.4) is 0 Å². The molecule has 2 N–H and O–H groups in total. The quantitative estimate of drug-likeness (QED) is 0.620. The minimum Gasteiger partial charge on any atom is -0.392 e. The van der Waals surface area contributed by atoms with E-state index >= 15 is 0 Å². The number of aliphatic hydroxyl groups is 2. The normalized spacial score (nSPS) is 14.2. The zero-order valence-electron chi connectivity index (χ0n) is 14.2. The number of aliphatic hydroxyl groups excluding tert-OH is 2. The Balaban J connectivity index is 2.55. The van der Waals surface area contributed by atoms with Gasteiger partial charge in [-0.1, -0.05) is 69.9 Å². The molecule has 0 spiro atoms. The lowest BCUT2D eigenvalue weighted by atomic mass is 10.1. The van der Waals surface area contributed by atoms with Crippen molar-refractivity contribution in [3.63, 3.8) is 0 Å². The first-order chi connectivity index (χ1) is 10.7. The van der Waals surface area contributed by atoms with Gasteiger partial charge in [-0.2, -0.15) is 0 Å². The molecular formula is C19H33NO2. The summed E-state index contributed by atoms with van der Waals surface area (Å²) in [4.78, 5) is 2.19. The molecule has 0 aromatic heterocycles. The first-order valence-electron chi connectivity index (χ1n) is 8.78. The average Bonchev–Trinajstić information content (AvgIpc) is 2.51. The van der Waals surface area contributed by atoms with Gasteiger partial charge in [0.05, 0.1) is 12.2 Å². The van der Waals surface area contributed by atoms with Gasteiger partial charge in [-0.15, -0.1) is 0 Å². The summed E-state index contributed by atoms with van der Waals surface area (Å²) in [5.74, 6) is 0. The van der Waals surface area contributed by atoms with Crippen LogP contribution in [0.2, 0.25) is 0 Å². The van der Waals surface area contributed by atoms with Crippen molar-refractivity contribution in [3.8, 4) is 0 Å². The Morgan fingerprint density at radius 3 is 1.82 bits per heavy atom. The molecule has 0 aliphatic carbocycles. The Kier molecular flexibility index (Phi) is 10.1. The molecule has 1 aromatic carbocycles. The number of unbranched alkanes of at least 4 members (excludes halogenated alkanes) is 2. The highest BCUT2D eigenvalue weighted by Crippen LogP contribution is 2.11. The Labute approximate surface area is 136 Å². The zero-order valence-corrected chi connectivity index (χ0v) is 14.2. The van der Waals surface area contributed by atoms with E-state index in [1.54, 1.807) is 0 Å². The third kappa shape index (κ3) is 8.52. The fraction of sp³-hybridized carbons (Fsp3) is 0.684. The molecule has 1 rings (SSSR count). The number of rotatable bonds is 12. The maximum Gasteiger partial charge on any atom is 0.0667 e. The van der Waals surface area contributed by atoms with Crippen LogP contribution in [-0.2, 0) is 6.54 Å². The van der Waals surface area contributed by atoms with Crippen molar-refractivity contribution in [3.05, 3.63) is 35.9 Å². The van der Waals surface area contributed by atoms with Gasteiger partial charge in [0.1, 0.15) is 0 Å². The summed E-state index contributed by atoms with van der Waals surface area (Å²) >= 11 is 0. The van der Waals surface area contributed by atoms with Crippen molar-refractivity contribution >= 4 is 0 Å². The summed E-state index contributed by atoms with van der Waals surface area (Å²) in [6, 6.07) is 10.3. The van der Waals surface area contributed by atoms with Crippen LogP contribution in [-0.4, -0.2) is 40.4 Å². The molecule has 0 amide bonds. The molecular weight excluding hydrogens is 274 g/mol. The number of hydrogen-bond donors (Lipinski definition) is 2. The largest absolute Gasteiger partial charge is 0.392 e. The van der Waals surface area contributed by atoms with Gasteiger partial charge < -0.3 is 10.2 Å². The lowest BCUT2D eigenvalue weighted by Crippen LogP contribution is -2.37. The predicted molar refractivity (Wildman–Crippen MR) is 92.8 cm³/mol. The number of nitrogens with zero attached hydrogens (tertiary/aromatic N) is 1. The third-order valence-electron chi connectivity index (χ3n) is 3.97. The van der Waals surface area contributed by atoms with Crippen molar-refractivity contribution < 1.29 is 10.2 Å². The summed E-state index contributed by atoms with van der Waals surface area (Å²) in [5, 5.41) is 20.4. The minimum atomic E-state index is -0.304. The van der Waals surface area contributed by atoms with Gasteiger partial charge in [0.25, 0.3) is 0 Å². The number of hydrogen-bond acceptors (Lipinski definition) is 3. The van der Waals surface area contributed by atoms with Crippen LogP contribution in [0.25, 0.3) is 0 Å². The molecule has 0 heterocycles. The Bertz CT molecular complexity index is 353. The van der Waals surface area contributed by atoms with E-state index in [1.165, 1.54) is 5.56 Å². The van der Waals surface area contributed by atoms with E-state index in [4.69, 9.17) is 0 Å². The molecule has 0 aliphatic rings. The molecule has 2 atom stereocenters. The maximum absolute atomic E-state index is 10.2. The molecule has 1 aromatic rings.